The fourth-order valence-corrected chi connectivity index (χ4v) is 8.75. The zero-order chi connectivity index (χ0) is 40.9. The van der Waals surface area contributed by atoms with Crippen LogP contribution in [0.15, 0.2) is 45.6 Å². The van der Waals surface area contributed by atoms with Gasteiger partial charge in [-0.25, -0.2) is 19.2 Å². The first-order chi connectivity index (χ1) is 28.0. The fourth-order valence-electron chi connectivity index (χ4n) is 8.75. The number of nitrogens with zero attached hydrogens (tertiary/aromatic N) is 4. The molecule has 312 valence electrons. The second-order valence-corrected chi connectivity index (χ2v) is 15.4. The van der Waals surface area contributed by atoms with Crippen LogP contribution in [0.4, 0.5) is 20.1 Å². The van der Waals surface area contributed by atoms with Crippen molar-refractivity contribution in [3.63, 3.8) is 0 Å². The molecule has 58 heavy (non-hydrogen) atoms. The number of carbonyl (C=O) groups excluding carboxylic acids is 5. The van der Waals surface area contributed by atoms with E-state index in [2.05, 4.69) is 15.2 Å². The highest BCUT2D eigenvalue weighted by molar-refractivity contribution is 5.91. The lowest BCUT2D eigenvalue weighted by Crippen LogP contribution is -2.53. The van der Waals surface area contributed by atoms with E-state index in [-0.39, 0.29) is 37.0 Å². The lowest BCUT2D eigenvalue weighted by Gasteiger charge is -2.40. The Bertz CT molecular complexity index is 2050. The van der Waals surface area contributed by atoms with Gasteiger partial charge in [0.2, 0.25) is 6.29 Å². The molecule has 2 N–H and O–H groups in total. The average molecular weight is 805 g/mol. The predicted molar refractivity (Wildman–Crippen MR) is 209 cm³/mol. The molecule has 3 aromatic rings. The van der Waals surface area contributed by atoms with E-state index in [0.29, 0.717) is 88.0 Å². The van der Waals surface area contributed by atoms with E-state index in [9.17, 15) is 28.8 Å². The number of esters is 1. The largest absolute Gasteiger partial charge is 0.511 e. The number of piperidine rings is 2. The highest BCUT2D eigenvalue weighted by Gasteiger charge is 2.41. The molecule has 4 aliphatic rings. The van der Waals surface area contributed by atoms with Crippen LogP contribution in [-0.2, 0) is 41.4 Å². The Labute approximate surface area is 335 Å². The molecular weight excluding hydrogens is 752 g/mol. The number of aromatic nitrogens is 1. The number of rotatable bonds is 10. The van der Waals surface area contributed by atoms with Crippen molar-refractivity contribution < 1.29 is 47.3 Å². The highest BCUT2D eigenvalue weighted by Crippen LogP contribution is 2.29. The summed E-state index contributed by atoms with van der Waals surface area (Å²) in [6.07, 6.45) is 0.730. The van der Waals surface area contributed by atoms with Crippen molar-refractivity contribution in [3.05, 3.63) is 63.6 Å². The number of urea groups is 1. The fraction of sp³-hybridized carbons (Fsp3) is 0.561. The van der Waals surface area contributed by atoms with Gasteiger partial charge in [0, 0.05) is 63.8 Å². The summed E-state index contributed by atoms with van der Waals surface area (Å²) in [5.74, 6) is -1.40. The van der Waals surface area contributed by atoms with Crippen LogP contribution in [0, 0.1) is 6.92 Å². The summed E-state index contributed by atoms with van der Waals surface area (Å²) < 4.78 is 26.6. The van der Waals surface area contributed by atoms with Gasteiger partial charge in [0.15, 0.2) is 11.7 Å². The van der Waals surface area contributed by atoms with E-state index >= 15 is 0 Å². The van der Waals surface area contributed by atoms with Crippen LogP contribution in [0.5, 0.6) is 0 Å². The number of hydrogen-bond acceptors (Lipinski definition) is 12. The lowest BCUT2D eigenvalue weighted by atomic mass is 9.99. The number of aryl methyl sites for hydroxylation is 1. The number of oxazole rings is 1. The van der Waals surface area contributed by atoms with E-state index in [0.717, 1.165) is 29.7 Å². The van der Waals surface area contributed by atoms with Gasteiger partial charge in [-0.15, -0.1) is 0 Å². The number of hydrogen-bond donors (Lipinski definition) is 2. The molecule has 3 atom stereocenters. The van der Waals surface area contributed by atoms with Gasteiger partial charge in [0.05, 0.1) is 12.1 Å². The minimum absolute atomic E-state index is 0.00896. The predicted octanol–water partition coefficient (Wildman–Crippen LogP) is 4.55. The van der Waals surface area contributed by atoms with Crippen molar-refractivity contribution in [2.45, 2.75) is 103 Å². The van der Waals surface area contributed by atoms with E-state index in [1.807, 2.05) is 42.2 Å². The van der Waals surface area contributed by atoms with E-state index in [1.54, 1.807) is 22.8 Å². The van der Waals surface area contributed by atoms with Gasteiger partial charge in [-0.2, -0.15) is 0 Å². The van der Waals surface area contributed by atoms with Crippen molar-refractivity contribution in [1.82, 2.24) is 24.6 Å². The maximum absolute atomic E-state index is 14.3. The zero-order valence-corrected chi connectivity index (χ0v) is 33.2. The molecule has 3 fully saturated rings. The van der Waals surface area contributed by atoms with E-state index in [4.69, 9.17) is 23.4 Å². The van der Waals surface area contributed by atoms with Crippen molar-refractivity contribution in [1.29, 1.82) is 0 Å². The number of aromatic amines is 1. The monoisotopic (exact) mass is 804 g/mol. The minimum Gasteiger partial charge on any atom is -0.436 e. The molecule has 0 radical (unpaired) electrons. The lowest BCUT2D eigenvalue weighted by molar-refractivity contribution is -0.174. The summed E-state index contributed by atoms with van der Waals surface area (Å²) in [4.78, 5) is 88.0. The number of carbonyl (C=O) groups is 5. The Balaban J connectivity index is 0.985. The smallest absolute Gasteiger partial charge is 0.436 e. The third-order valence-corrected chi connectivity index (χ3v) is 11.7. The summed E-state index contributed by atoms with van der Waals surface area (Å²) in [7, 11) is 0. The number of para-hydroxylation sites is 1. The second kappa shape index (κ2) is 17.9. The molecule has 4 amide bonds. The number of amides is 4. The second-order valence-electron chi connectivity index (χ2n) is 15.4. The molecule has 17 nitrogen and oxygen atoms in total. The summed E-state index contributed by atoms with van der Waals surface area (Å²) in [6.45, 7) is 7.83. The number of fused-ring (bicyclic) bond motifs is 2. The molecule has 17 heteroatoms. The number of benzene rings is 2. The molecule has 0 aliphatic carbocycles. The van der Waals surface area contributed by atoms with Crippen molar-refractivity contribution in [3.8, 4) is 0 Å². The normalized spacial score (nSPS) is 20.5. The molecule has 7 rings (SSSR count). The molecule has 1 aromatic heterocycles. The molecular formula is C41H52N6O11. The number of nitrogens with one attached hydrogen (secondary N) is 2. The summed E-state index contributed by atoms with van der Waals surface area (Å²) in [6, 6.07) is 10.6. The summed E-state index contributed by atoms with van der Waals surface area (Å²) in [5.41, 5.74) is 4.23. The van der Waals surface area contributed by atoms with Gasteiger partial charge < -0.3 is 43.4 Å². The van der Waals surface area contributed by atoms with Gasteiger partial charge in [-0.05, 0) is 94.2 Å². The zero-order valence-electron chi connectivity index (χ0n) is 33.2. The van der Waals surface area contributed by atoms with Gasteiger partial charge in [-0.3, -0.25) is 19.5 Å². The van der Waals surface area contributed by atoms with Crippen LogP contribution < -0.4 is 11.1 Å². The standard InChI is InChI=1S/C41H52N6O11/c1-4-54-41(53)56-26(3)55-37(49)32-10-7-16-46(32)29-12-17-44(18-13-29)36(48)34(24-27-22-25(2)35-33(23-27)57-39(51)43-35)58-40(52)45-19-14-30(15-20-45)47-21-11-28-8-5-6-9-31(28)42-38(47)50/h5-6,8-9,22-23,26,29-30,32,34H,4,7,10-21,24H2,1-3H3,(H,42,50)(H,43,51)/t26?,32-,34-/m1/s1. The Kier molecular flexibility index (Phi) is 12.5. The SMILES string of the molecule is CCOC(=O)OC(C)OC(=O)[C@H]1CCCN1C1CCN(C(=O)[C@@H](Cc2cc(C)c3[nH]c(=O)oc3c2)OC(=O)N2CCC(N3CCc4ccccc4NC3=O)CC2)CC1. The first-order valence-corrected chi connectivity index (χ1v) is 20.3. The van der Waals surface area contributed by atoms with Crippen LogP contribution >= 0.6 is 0 Å². The third kappa shape index (κ3) is 9.24. The average Bonchev–Trinajstić information content (AvgIpc) is 3.81. The number of H-pyrrole nitrogens is 1. The molecule has 1 unspecified atom stereocenters. The molecule has 2 aromatic carbocycles. The summed E-state index contributed by atoms with van der Waals surface area (Å²) in [5, 5.41) is 3.03. The Morgan fingerprint density at radius 2 is 1.60 bits per heavy atom. The third-order valence-electron chi connectivity index (χ3n) is 11.7. The quantitative estimate of drug-likeness (QED) is 0.165. The molecule has 5 heterocycles. The summed E-state index contributed by atoms with van der Waals surface area (Å²) >= 11 is 0. The van der Waals surface area contributed by atoms with Crippen molar-refractivity contribution in [2.75, 3.05) is 51.2 Å². The Morgan fingerprint density at radius 1 is 0.879 bits per heavy atom. The maximum Gasteiger partial charge on any atom is 0.511 e. The molecule has 0 bridgehead atoms. The molecule has 4 aliphatic heterocycles. The van der Waals surface area contributed by atoms with Crippen LogP contribution in [-0.4, -0.2) is 131 Å². The molecule has 0 saturated carbocycles. The van der Waals surface area contributed by atoms with Crippen LogP contribution in [0.3, 0.4) is 0 Å². The Hall–Kier alpha value is -5.58. The first kappa shape index (κ1) is 40.6. The minimum atomic E-state index is -1.16. The van der Waals surface area contributed by atoms with E-state index < -0.39 is 42.4 Å². The van der Waals surface area contributed by atoms with Gasteiger partial charge >= 0.3 is 30.0 Å². The van der Waals surface area contributed by atoms with Crippen LogP contribution in [0.2, 0.25) is 0 Å². The number of ether oxygens (including phenoxy) is 4. The Morgan fingerprint density at radius 3 is 2.36 bits per heavy atom. The topological polar surface area (TPSA) is 193 Å². The van der Waals surface area contributed by atoms with Gasteiger partial charge in [-0.1, -0.05) is 24.3 Å². The van der Waals surface area contributed by atoms with E-state index in [1.165, 1.54) is 6.92 Å². The van der Waals surface area contributed by atoms with Crippen molar-refractivity contribution >= 4 is 46.9 Å². The highest BCUT2D eigenvalue weighted by atomic mass is 16.8. The first-order valence-electron chi connectivity index (χ1n) is 20.3. The maximum atomic E-state index is 14.3. The van der Waals surface area contributed by atoms with Crippen molar-refractivity contribution in [2.24, 2.45) is 0 Å². The van der Waals surface area contributed by atoms with Gasteiger partial charge in [0.1, 0.15) is 6.04 Å². The molecule has 0 spiro atoms. The number of anilines is 1. The number of likely N-dealkylation sites (tertiary alicyclic amines) is 3. The van der Waals surface area contributed by atoms with Crippen LogP contribution in [0.25, 0.3) is 11.1 Å². The van der Waals surface area contributed by atoms with Crippen LogP contribution in [0.1, 0.15) is 69.1 Å². The van der Waals surface area contributed by atoms with Gasteiger partial charge in [0.25, 0.3) is 5.91 Å². The molecule has 3 saturated heterocycles.